The molecule has 1 unspecified atom stereocenters. The van der Waals surface area contributed by atoms with Crippen molar-refractivity contribution in [3.05, 3.63) is 65.2 Å². The van der Waals surface area contributed by atoms with Crippen LogP contribution in [0, 0.1) is 0 Å². The molecule has 2 nitrogen and oxygen atoms in total. The molecule has 108 valence electrons. The monoisotopic (exact) mass is 280 g/mol. The van der Waals surface area contributed by atoms with E-state index in [4.69, 9.17) is 7.85 Å². The molecule has 0 aliphatic carbocycles. The molecule has 21 heavy (non-hydrogen) atoms. The van der Waals surface area contributed by atoms with Gasteiger partial charge in [-0.1, -0.05) is 54.0 Å². The molecule has 0 fully saturated rings. The molecule has 0 heterocycles. The van der Waals surface area contributed by atoms with Crippen molar-refractivity contribution in [3.8, 4) is 0 Å². The molecule has 2 N–H and O–H groups in total. The van der Waals surface area contributed by atoms with Gasteiger partial charge < -0.3 is 10.2 Å². The fourth-order valence-electron chi connectivity index (χ4n) is 2.56. The van der Waals surface area contributed by atoms with Gasteiger partial charge in [0.05, 0.1) is 11.7 Å². The molecule has 2 aromatic carbocycles. The van der Waals surface area contributed by atoms with Gasteiger partial charge in [-0.3, -0.25) is 0 Å². The number of benzene rings is 2. The largest absolute Gasteiger partial charge is 0.388 e. The third kappa shape index (κ3) is 4.19. The van der Waals surface area contributed by atoms with Gasteiger partial charge in [-0.25, -0.2) is 0 Å². The van der Waals surface area contributed by atoms with E-state index in [0.29, 0.717) is 18.3 Å². The fourth-order valence-corrected chi connectivity index (χ4v) is 2.56. The molecular formula is C18H21BO2. The van der Waals surface area contributed by atoms with Crippen LogP contribution >= 0.6 is 0 Å². The van der Waals surface area contributed by atoms with Crippen molar-refractivity contribution < 1.29 is 10.2 Å². The molecule has 0 aliphatic rings. The van der Waals surface area contributed by atoms with Crippen molar-refractivity contribution >= 4 is 13.3 Å². The van der Waals surface area contributed by atoms with Gasteiger partial charge in [-0.2, -0.15) is 0 Å². The molecule has 0 aromatic heterocycles. The number of rotatable bonds is 5. The minimum atomic E-state index is -0.876. The lowest BCUT2D eigenvalue weighted by molar-refractivity contribution is 0.0772. The maximum atomic E-state index is 10.3. The molecule has 2 radical (unpaired) electrons. The summed E-state index contributed by atoms with van der Waals surface area (Å²) in [4.78, 5) is 0. The van der Waals surface area contributed by atoms with Gasteiger partial charge in [0, 0.05) is 0 Å². The van der Waals surface area contributed by atoms with Crippen LogP contribution in [0.1, 0.15) is 43.1 Å². The van der Waals surface area contributed by atoms with Crippen molar-refractivity contribution in [1.82, 2.24) is 0 Å². The first-order chi connectivity index (χ1) is 9.88. The summed E-state index contributed by atoms with van der Waals surface area (Å²) < 4.78 is 0. The lowest BCUT2D eigenvalue weighted by atomic mass is 9.89. The van der Waals surface area contributed by atoms with Gasteiger partial charge in [0.2, 0.25) is 0 Å². The second-order valence-corrected chi connectivity index (χ2v) is 5.94. The first-order valence-corrected chi connectivity index (χ1v) is 7.22. The van der Waals surface area contributed by atoms with E-state index < -0.39 is 11.7 Å². The Morgan fingerprint density at radius 3 is 2.48 bits per heavy atom. The molecule has 0 saturated carbocycles. The molecule has 2 rings (SSSR count). The summed E-state index contributed by atoms with van der Waals surface area (Å²) in [6, 6.07) is 15.1. The summed E-state index contributed by atoms with van der Waals surface area (Å²) in [5.74, 6) is 0. The van der Waals surface area contributed by atoms with E-state index in [-0.39, 0.29) is 0 Å². The molecule has 0 spiro atoms. The molecule has 1 atom stereocenters. The Balaban J connectivity index is 2.10. The molecule has 2 aromatic rings. The van der Waals surface area contributed by atoms with E-state index in [9.17, 15) is 10.2 Å². The Hall–Kier alpha value is -1.58. The Bertz CT molecular complexity index is 602. The molecule has 0 saturated heterocycles. The van der Waals surface area contributed by atoms with Crippen molar-refractivity contribution in [2.45, 2.75) is 38.4 Å². The van der Waals surface area contributed by atoms with Crippen LogP contribution in [0.15, 0.2) is 48.5 Å². The minimum absolute atomic E-state index is 0.552. The molecule has 0 aliphatic heterocycles. The Morgan fingerprint density at radius 1 is 1.10 bits per heavy atom. The van der Waals surface area contributed by atoms with Crippen LogP contribution in [0.2, 0.25) is 0 Å². The molecule has 3 heteroatoms. The van der Waals surface area contributed by atoms with Crippen molar-refractivity contribution in [2.75, 3.05) is 0 Å². The maximum Gasteiger partial charge on any atom is 0.113 e. The predicted molar refractivity (Wildman–Crippen MR) is 86.8 cm³/mol. The van der Waals surface area contributed by atoms with Gasteiger partial charge in [-0.15, -0.1) is 0 Å². The Kier molecular flexibility index (Phi) is 4.86. The zero-order chi connectivity index (χ0) is 15.5. The third-order valence-corrected chi connectivity index (χ3v) is 3.66. The molecule has 0 bridgehead atoms. The highest BCUT2D eigenvalue weighted by molar-refractivity contribution is 6.32. The SMILES string of the molecule is [B]c1cccc(C(O)CCc2ccccc2C(C)(C)O)c1. The van der Waals surface area contributed by atoms with Crippen LogP contribution in [0.25, 0.3) is 0 Å². The van der Waals surface area contributed by atoms with E-state index in [1.54, 1.807) is 26.0 Å². The zero-order valence-electron chi connectivity index (χ0n) is 12.6. The summed E-state index contributed by atoms with van der Waals surface area (Å²) >= 11 is 0. The Labute approximate surface area is 127 Å². The van der Waals surface area contributed by atoms with Crippen LogP contribution in [0.5, 0.6) is 0 Å². The Morgan fingerprint density at radius 2 is 1.81 bits per heavy atom. The second-order valence-electron chi connectivity index (χ2n) is 5.94. The van der Waals surface area contributed by atoms with Crippen LogP contribution in [-0.4, -0.2) is 18.1 Å². The highest BCUT2D eigenvalue weighted by atomic mass is 16.3. The lowest BCUT2D eigenvalue weighted by Gasteiger charge is -2.22. The first kappa shape index (κ1) is 15.8. The lowest BCUT2D eigenvalue weighted by Crippen LogP contribution is -2.18. The first-order valence-electron chi connectivity index (χ1n) is 7.22. The molecule has 0 amide bonds. The number of aliphatic hydroxyl groups excluding tert-OH is 1. The molecular weight excluding hydrogens is 259 g/mol. The van der Waals surface area contributed by atoms with E-state index in [1.165, 1.54) is 0 Å². The third-order valence-electron chi connectivity index (χ3n) is 3.66. The minimum Gasteiger partial charge on any atom is -0.388 e. The van der Waals surface area contributed by atoms with E-state index in [0.717, 1.165) is 16.7 Å². The standard InChI is InChI=1S/C18H21BO2/c1-18(2,21)16-9-4-3-6-13(16)10-11-17(20)14-7-5-8-15(19)12-14/h3-9,12,17,20-21H,10-11H2,1-2H3. The van der Waals surface area contributed by atoms with Crippen LogP contribution in [0.3, 0.4) is 0 Å². The summed E-state index contributed by atoms with van der Waals surface area (Å²) in [6.07, 6.45) is 0.746. The van der Waals surface area contributed by atoms with E-state index in [1.807, 2.05) is 36.4 Å². The highest BCUT2D eigenvalue weighted by Gasteiger charge is 2.19. The topological polar surface area (TPSA) is 40.5 Å². The van der Waals surface area contributed by atoms with Crippen LogP contribution < -0.4 is 5.46 Å². The summed E-state index contributed by atoms with van der Waals surface area (Å²) in [7, 11) is 5.74. The number of aryl methyl sites for hydroxylation is 1. The number of aliphatic hydroxyl groups is 2. The highest BCUT2D eigenvalue weighted by Crippen LogP contribution is 2.26. The fraction of sp³-hybridized carbons (Fsp3) is 0.333. The van der Waals surface area contributed by atoms with Gasteiger partial charge >= 0.3 is 0 Å². The smallest absolute Gasteiger partial charge is 0.113 e. The average Bonchev–Trinajstić information content (AvgIpc) is 2.44. The summed E-state index contributed by atoms with van der Waals surface area (Å²) in [6.45, 7) is 3.56. The van der Waals surface area contributed by atoms with Gasteiger partial charge in [0.1, 0.15) is 7.85 Å². The quantitative estimate of drug-likeness (QED) is 0.825. The van der Waals surface area contributed by atoms with Crippen LogP contribution in [-0.2, 0) is 12.0 Å². The van der Waals surface area contributed by atoms with Gasteiger partial charge in [-0.05, 0) is 43.4 Å². The van der Waals surface area contributed by atoms with Crippen molar-refractivity contribution in [1.29, 1.82) is 0 Å². The van der Waals surface area contributed by atoms with Crippen molar-refractivity contribution in [2.24, 2.45) is 0 Å². The summed E-state index contributed by atoms with van der Waals surface area (Å²) in [5.41, 5.74) is 2.58. The van der Waals surface area contributed by atoms with Crippen molar-refractivity contribution in [3.63, 3.8) is 0 Å². The second kappa shape index (κ2) is 6.46. The predicted octanol–water partition coefficient (Wildman–Crippen LogP) is 2.37. The summed E-state index contributed by atoms with van der Waals surface area (Å²) in [5, 5.41) is 20.5. The van der Waals surface area contributed by atoms with E-state index in [2.05, 4.69) is 0 Å². The van der Waals surface area contributed by atoms with E-state index >= 15 is 0 Å². The zero-order valence-corrected chi connectivity index (χ0v) is 12.6. The number of hydrogen-bond acceptors (Lipinski definition) is 2. The average molecular weight is 280 g/mol. The van der Waals surface area contributed by atoms with Gasteiger partial charge in [0.15, 0.2) is 0 Å². The van der Waals surface area contributed by atoms with Gasteiger partial charge in [0.25, 0.3) is 0 Å². The maximum absolute atomic E-state index is 10.3. The van der Waals surface area contributed by atoms with Crippen LogP contribution in [0.4, 0.5) is 0 Å². The normalized spacial score (nSPS) is 13.1. The number of hydrogen-bond donors (Lipinski definition) is 2.